The minimum Gasteiger partial charge on any atom is -0.477 e. The van der Waals surface area contributed by atoms with Crippen LogP contribution in [0.5, 0.6) is 0 Å². The fourth-order valence-electron chi connectivity index (χ4n) is 1.47. The maximum absolute atomic E-state index is 5.85. The lowest BCUT2D eigenvalue weighted by molar-refractivity contribution is 0.330. The van der Waals surface area contributed by atoms with Crippen molar-refractivity contribution in [1.29, 1.82) is 0 Å². The maximum Gasteiger partial charge on any atom is 0.227 e. The molecule has 0 atom stereocenters. The molecule has 98 valence electrons. The Morgan fingerprint density at radius 3 is 2.42 bits per heavy atom. The zero-order chi connectivity index (χ0) is 13.5. The molecular formula is C15H14ClNOS. The summed E-state index contributed by atoms with van der Waals surface area (Å²) in [4.78, 5) is 1.03. The Morgan fingerprint density at radius 2 is 1.79 bits per heavy atom. The fraction of sp³-hybridized carbons (Fsp3) is 0.133. The number of hydrogen-bond acceptors (Lipinski definition) is 3. The van der Waals surface area contributed by atoms with Crippen molar-refractivity contribution in [3.63, 3.8) is 0 Å². The van der Waals surface area contributed by atoms with Crippen LogP contribution in [0.25, 0.3) is 0 Å². The molecule has 0 N–H and O–H groups in total. The van der Waals surface area contributed by atoms with Crippen molar-refractivity contribution >= 4 is 29.4 Å². The first-order chi connectivity index (χ1) is 9.29. The van der Waals surface area contributed by atoms with Gasteiger partial charge >= 0.3 is 0 Å². The first kappa shape index (κ1) is 14.0. The van der Waals surface area contributed by atoms with E-state index in [4.69, 9.17) is 16.3 Å². The molecule has 0 aliphatic carbocycles. The van der Waals surface area contributed by atoms with Gasteiger partial charge in [0.05, 0.1) is 6.61 Å². The van der Waals surface area contributed by atoms with Gasteiger partial charge in [-0.2, -0.15) is 4.40 Å². The summed E-state index contributed by atoms with van der Waals surface area (Å²) in [6.45, 7) is 2.54. The van der Waals surface area contributed by atoms with Gasteiger partial charge < -0.3 is 4.74 Å². The van der Waals surface area contributed by atoms with Crippen molar-refractivity contribution in [3.05, 3.63) is 65.2 Å². The van der Waals surface area contributed by atoms with E-state index >= 15 is 0 Å². The van der Waals surface area contributed by atoms with E-state index < -0.39 is 0 Å². The van der Waals surface area contributed by atoms with Crippen molar-refractivity contribution in [2.45, 2.75) is 11.8 Å². The van der Waals surface area contributed by atoms with E-state index in [2.05, 4.69) is 4.40 Å². The van der Waals surface area contributed by atoms with E-state index in [9.17, 15) is 0 Å². The van der Waals surface area contributed by atoms with E-state index in [1.165, 1.54) is 11.9 Å². The molecule has 0 aromatic heterocycles. The van der Waals surface area contributed by atoms with Gasteiger partial charge in [-0.3, -0.25) is 0 Å². The second-order valence-corrected chi connectivity index (χ2v) is 5.01. The highest BCUT2D eigenvalue weighted by atomic mass is 35.5. The number of halogens is 1. The third-order valence-corrected chi connectivity index (χ3v) is 3.34. The van der Waals surface area contributed by atoms with E-state index in [1.807, 2.05) is 61.5 Å². The Hall–Kier alpha value is -1.45. The summed E-state index contributed by atoms with van der Waals surface area (Å²) in [5.41, 5.74) is 0.978. The number of benzene rings is 2. The topological polar surface area (TPSA) is 21.6 Å². The summed E-state index contributed by atoms with van der Waals surface area (Å²) < 4.78 is 10.0. The van der Waals surface area contributed by atoms with Crippen LogP contribution in [0.2, 0.25) is 5.02 Å². The summed E-state index contributed by atoms with van der Waals surface area (Å²) in [7, 11) is 0. The molecule has 0 heterocycles. The number of rotatable bonds is 4. The lowest BCUT2D eigenvalue weighted by Gasteiger charge is -2.06. The van der Waals surface area contributed by atoms with Crippen LogP contribution in [0.15, 0.2) is 63.9 Å². The van der Waals surface area contributed by atoms with Crippen LogP contribution in [0.4, 0.5) is 0 Å². The molecule has 2 aromatic rings. The van der Waals surface area contributed by atoms with Crippen LogP contribution in [-0.4, -0.2) is 12.5 Å². The Balaban J connectivity index is 2.15. The molecule has 0 saturated carbocycles. The Bertz CT molecular complexity index is 540. The van der Waals surface area contributed by atoms with Gasteiger partial charge in [0.25, 0.3) is 0 Å². The number of nitrogens with zero attached hydrogens (tertiary/aromatic N) is 1. The zero-order valence-electron chi connectivity index (χ0n) is 10.5. The average molecular weight is 292 g/mol. The molecular weight excluding hydrogens is 278 g/mol. The molecule has 0 bridgehead atoms. The van der Waals surface area contributed by atoms with E-state index in [0.717, 1.165) is 15.5 Å². The molecule has 0 amide bonds. The van der Waals surface area contributed by atoms with Gasteiger partial charge in [0.1, 0.15) is 0 Å². The van der Waals surface area contributed by atoms with Gasteiger partial charge in [0.2, 0.25) is 5.90 Å². The molecule has 0 fully saturated rings. The van der Waals surface area contributed by atoms with E-state index in [0.29, 0.717) is 12.5 Å². The molecule has 2 aromatic carbocycles. The molecule has 0 saturated heterocycles. The Labute approximate surface area is 122 Å². The van der Waals surface area contributed by atoms with Gasteiger partial charge in [0.15, 0.2) is 0 Å². The smallest absolute Gasteiger partial charge is 0.227 e. The highest BCUT2D eigenvalue weighted by Gasteiger charge is 2.04. The molecule has 19 heavy (non-hydrogen) atoms. The third kappa shape index (κ3) is 4.30. The van der Waals surface area contributed by atoms with Crippen molar-refractivity contribution in [2.75, 3.05) is 6.61 Å². The average Bonchev–Trinajstić information content (AvgIpc) is 2.46. The van der Waals surface area contributed by atoms with Gasteiger partial charge in [-0.25, -0.2) is 0 Å². The molecule has 0 aliphatic rings. The zero-order valence-corrected chi connectivity index (χ0v) is 12.1. The Morgan fingerprint density at radius 1 is 1.11 bits per heavy atom. The SMILES string of the molecule is CCOC(=NSc1ccc(Cl)cc1)c1ccccc1. The van der Waals surface area contributed by atoms with Crippen LogP contribution in [0, 0.1) is 0 Å². The van der Waals surface area contributed by atoms with Crippen molar-refractivity contribution < 1.29 is 4.74 Å². The van der Waals surface area contributed by atoms with Crippen LogP contribution >= 0.6 is 23.5 Å². The lowest BCUT2D eigenvalue weighted by Crippen LogP contribution is -2.05. The van der Waals surface area contributed by atoms with Crippen LogP contribution < -0.4 is 0 Å². The predicted octanol–water partition coefficient (Wildman–Crippen LogP) is 4.83. The largest absolute Gasteiger partial charge is 0.477 e. The molecule has 0 unspecified atom stereocenters. The monoisotopic (exact) mass is 291 g/mol. The van der Waals surface area contributed by atoms with Crippen molar-refractivity contribution in [1.82, 2.24) is 0 Å². The minimum atomic E-state index is 0.592. The number of hydrogen-bond donors (Lipinski definition) is 0. The summed E-state index contributed by atoms with van der Waals surface area (Å²) in [5, 5.41) is 0.724. The quantitative estimate of drug-likeness (QED) is 0.457. The summed E-state index contributed by atoms with van der Waals surface area (Å²) >= 11 is 7.23. The highest BCUT2D eigenvalue weighted by molar-refractivity contribution is 7.98. The van der Waals surface area contributed by atoms with Crippen molar-refractivity contribution in [2.24, 2.45) is 4.40 Å². The summed E-state index contributed by atoms with van der Waals surface area (Å²) in [6.07, 6.45) is 0. The molecule has 0 radical (unpaired) electrons. The molecule has 0 aliphatic heterocycles. The minimum absolute atomic E-state index is 0.592. The van der Waals surface area contributed by atoms with E-state index in [-0.39, 0.29) is 0 Å². The standard InChI is InChI=1S/C15H14ClNOS/c1-2-18-15(12-6-4-3-5-7-12)17-19-14-10-8-13(16)9-11-14/h3-11H,2H2,1H3. The second kappa shape index (κ2) is 7.22. The second-order valence-electron chi connectivity index (χ2n) is 3.74. The first-order valence-corrected chi connectivity index (χ1v) is 7.13. The van der Waals surface area contributed by atoms with Gasteiger partial charge in [-0.05, 0) is 43.3 Å². The Kier molecular flexibility index (Phi) is 5.31. The first-order valence-electron chi connectivity index (χ1n) is 5.98. The molecule has 2 nitrogen and oxygen atoms in total. The van der Waals surface area contributed by atoms with Gasteiger partial charge in [0, 0.05) is 27.4 Å². The highest BCUT2D eigenvalue weighted by Crippen LogP contribution is 2.22. The van der Waals surface area contributed by atoms with Crippen molar-refractivity contribution in [3.8, 4) is 0 Å². The van der Waals surface area contributed by atoms with Crippen LogP contribution in [-0.2, 0) is 4.74 Å². The van der Waals surface area contributed by atoms with Gasteiger partial charge in [-0.1, -0.05) is 29.8 Å². The van der Waals surface area contributed by atoms with Crippen LogP contribution in [0.3, 0.4) is 0 Å². The number of ether oxygens (including phenoxy) is 1. The van der Waals surface area contributed by atoms with E-state index in [1.54, 1.807) is 0 Å². The summed E-state index contributed by atoms with van der Waals surface area (Å²) in [5.74, 6) is 0.642. The third-order valence-electron chi connectivity index (χ3n) is 2.35. The summed E-state index contributed by atoms with van der Waals surface area (Å²) in [6, 6.07) is 17.4. The maximum atomic E-state index is 5.85. The lowest BCUT2D eigenvalue weighted by atomic mass is 10.2. The molecule has 2 rings (SSSR count). The molecule has 0 spiro atoms. The van der Waals surface area contributed by atoms with Gasteiger partial charge in [-0.15, -0.1) is 0 Å². The van der Waals surface area contributed by atoms with Crippen LogP contribution in [0.1, 0.15) is 12.5 Å². The fourth-order valence-corrected chi connectivity index (χ4v) is 2.20. The predicted molar refractivity (Wildman–Crippen MR) is 81.9 cm³/mol. The molecule has 4 heteroatoms. The normalized spacial score (nSPS) is 11.4.